The molecule has 2 amide bonds. The van der Waals surface area contributed by atoms with E-state index in [0.29, 0.717) is 10.6 Å². The molecule has 3 rings (SSSR count). The zero-order valence-electron chi connectivity index (χ0n) is 15.5. The van der Waals surface area contributed by atoms with E-state index in [9.17, 15) is 22.8 Å². The Morgan fingerprint density at radius 1 is 1.18 bits per heavy atom. The smallest absolute Gasteiger partial charge is 0.333 e. The normalized spacial score (nSPS) is 17.3. The summed E-state index contributed by atoms with van der Waals surface area (Å²) in [6, 6.07) is 3.39. The quantitative estimate of drug-likeness (QED) is 0.853. The lowest BCUT2D eigenvalue weighted by Crippen LogP contribution is -2.36. The summed E-state index contributed by atoms with van der Waals surface area (Å²) in [5, 5.41) is 6.91. The van der Waals surface area contributed by atoms with Gasteiger partial charge < -0.3 is 10.2 Å². The maximum Gasteiger partial charge on any atom is 0.406 e. The van der Waals surface area contributed by atoms with Crippen molar-refractivity contribution in [2.45, 2.75) is 33.4 Å². The molecule has 0 aromatic carbocycles. The molecule has 8 nitrogen and oxygen atoms in total. The highest BCUT2D eigenvalue weighted by atomic mass is 19.4. The number of nitrogens with one attached hydrogen (secondary N) is 1. The van der Waals surface area contributed by atoms with Crippen molar-refractivity contribution in [3.05, 3.63) is 29.2 Å². The van der Waals surface area contributed by atoms with E-state index in [1.165, 1.54) is 4.68 Å². The van der Waals surface area contributed by atoms with Crippen LogP contribution < -0.4 is 5.32 Å². The Hall–Kier alpha value is -2.98. The minimum Gasteiger partial charge on any atom is -0.333 e. The fraction of sp³-hybridized carbons (Fsp3) is 0.471. The van der Waals surface area contributed by atoms with Crippen LogP contribution in [0.25, 0.3) is 5.95 Å². The van der Waals surface area contributed by atoms with Gasteiger partial charge in [0, 0.05) is 30.4 Å². The highest BCUT2D eigenvalue weighted by molar-refractivity contribution is 5.96. The monoisotopic (exact) mass is 396 g/mol. The van der Waals surface area contributed by atoms with E-state index in [2.05, 4.69) is 20.4 Å². The van der Waals surface area contributed by atoms with E-state index < -0.39 is 30.5 Å². The van der Waals surface area contributed by atoms with Gasteiger partial charge in [-0.1, -0.05) is 0 Å². The van der Waals surface area contributed by atoms with Gasteiger partial charge in [-0.2, -0.15) is 23.0 Å². The molecule has 0 radical (unpaired) electrons. The summed E-state index contributed by atoms with van der Waals surface area (Å²) in [6.45, 7) is 3.68. The first-order valence-electron chi connectivity index (χ1n) is 8.56. The van der Waals surface area contributed by atoms with Gasteiger partial charge in [-0.05, 0) is 26.8 Å². The summed E-state index contributed by atoms with van der Waals surface area (Å²) in [6.07, 6.45) is -4.77. The molecule has 2 aromatic heterocycles. The molecule has 0 spiro atoms. The van der Waals surface area contributed by atoms with Crippen molar-refractivity contribution < 1.29 is 22.8 Å². The fourth-order valence-corrected chi connectivity index (χ4v) is 3.09. The number of rotatable bonds is 4. The molecule has 1 N–H and O–H groups in total. The lowest BCUT2D eigenvalue weighted by molar-refractivity contribution is -0.157. The van der Waals surface area contributed by atoms with Gasteiger partial charge in [-0.3, -0.25) is 9.59 Å². The Balaban J connectivity index is 1.78. The van der Waals surface area contributed by atoms with Crippen LogP contribution in [-0.4, -0.2) is 55.7 Å². The summed E-state index contributed by atoms with van der Waals surface area (Å²) in [5.74, 6) is -1.57. The third-order valence-corrected chi connectivity index (χ3v) is 4.20. The average Bonchev–Trinajstić information content (AvgIpc) is 3.08. The van der Waals surface area contributed by atoms with Crippen LogP contribution in [0.15, 0.2) is 12.1 Å². The average molecular weight is 396 g/mol. The van der Waals surface area contributed by atoms with Crippen molar-refractivity contribution >= 4 is 17.6 Å². The van der Waals surface area contributed by atoms with E-state index in [0.717, 1.165) is 11.4 Å². The SMILES string of the molecule is Cc1cc(C)nc(-n2nc(C)cc2NC(=O)C2CC(=O)N(CC(F)(F)F)C2)n1. The molecule has 1 fully saturated rings. The van der Waals surface area contributed by atoms with Crippen molar-refractivity contribution in [3.63, 3.8) is 0 Å². The molecular formula is C17H19F3N6O2. The Morgan fingerprint density at radius 2 is 1.82 bits per heavy atom. The minimum atomic E-state index is -4.50. The summed E-state index contributed by atoms with van der Waals surface area (Å²) in [5.41, 5.74) is 2.04. The number of halogens is 3. The first-order valence-corrected chi connectivity index (χ1v) is 8.56. The molecule has 11 heteroatoms. The number of nitrogens with zero attached hydrogens (tertiary/aromatic N) is 5. The summed E-state index contributed by atoms with van der Waals surface area (Å²) >= 11 is 0. The van der Waals surface area contributed by atoms with Crippen LogP contribution in [0.1, 0.15) is 23.5 Å². The van der Waals surface area contributed by atoms with Crippen LogP contribution >= 0.6 is 0 Å². The Kier molecular flexibility index (Phi) is 5.09. The molecule has 2 aromatic rings. The number of likely N-dealkylation sites (tertiary alicyclic amines) is 1. The van der Waals surface area contributed by atoms with Crippen molar-refractivity contribution in [2.24, 2.45) is 5.92 Å². The summed E-state index contributed by atoms with van der Waals surface area (Å²) in [7, 11) is 0. The molecule has 28 heavy (non-hydrogen) atoms. The first kappa shape index (κ1) is 19.8. The molecule has 3 heterocycles. The number of hydrogen-bond acceptors (Lipinski definition) is 5. The minimum absolute atomic E-state index is 0.266. The molecule has 1 aliphatic rings. The van der Waals surface area contributed by atoms with Crippen LogP contribution in [0.3, 0.4) is 0 Å². The lowest BCUT2D eigenvalue weighted by atomic mass is 10.1. The van der Waals surface area contributed by atoms with Crippen LogP contribution in [-0.2, 0) is 9.59 Å². The van der Waals surface area contributed by atoms with Crippen LogP contribution in [0, 0.1) is 26.7 Å². The Morgan fingerprint density at radius 3 is 2.43 bits per heavy atom. The predicted molar refractivity (Wildman–Crippen MR) is 92.7 cm³/mol. The summed E-state index contributed by atoms with van der Waals surface area (Å²) in [4.78, 5) is 33.6. The zero-order valence-corrected chi connectivity index (χ0v) is 15.5. The molecule has 1 aliphatic heterocycles. The molecule has 0 saturated carbocycles. The number of carbonyl (C=O) groups excluding carboxylic acids is 2. The van der Waals surface area contributed by atoms with E-state index in [1.54, 1.807) is 32.9 Å². The lowest BCUT2D eigenvalue weighted by Gasteiger charge is -2.18. The number of anilines is 1. The Labute approximate surface area is 158 Å². The van der Waals surface area contributed by atoms with Gasteiger partial charge in [0.1, 0.15) is 12.4 Å². The standard InChI is InChI=1S/C17H19F3N6O2/c1-9-4-10(2)22-16(21-9)26-13(5-11(3)24-26)23-15(28)12-6-14(27)25(7-12)8-17(18,19)20/h4-5,12H,6-8H2,1-3H3,(H,23,28). The number of amides is 2. The molecule has 1 saturated heterocycles. The van der Waals surface area contributed by atoms with Gasteiger partial charge in [-0.25, -0.2) is 9.97 Å². The highest BCUT2D eigenvalue weighted by Gasteiger charge is 2.40. The first-order chi connectivity index (χ1) is 13.0. The van der Waals surface area contributed by atoms with Crippen molar-refractivity contribution in [1.82, 2.24) is 24.6 Å². The largest absolute Gasteiger partial charge is 0.406 e. The Bertz CT molecular complexity index is 904. The van der Waals surface area contributed by atoms with Crippen molar-refractivity contribution in [1.29, 1.82) is 0 Å². The predicted octanol–water partition coefficient (Wildman–Crippen LogP) is 1.94. The zero-order chi connectivity index (χ0) is 20.6. The number of hydrogen-bond donors (Lipinski definition) is 1. The van der Waals surface area contributed by atoms with Crippen LogP contribution in [0.5, 0.6) is 0 Å². The third-order valence-electron chi connectivity index (χ3n) is 4.20. The number of aromatic nitrogens is 4. The number of alkyl halides is 3. The van der Waals surface area contributed by atoms with E-state index in [1.807, 2.05) is 0 Å². The third kappa shape index (κ3) is 4.46. The van der Waals surface area contributed by atoms with Gasteiger partial charge in [-0.15, -0.1) is 0 Å². The molecule has 0 aliphatic carbocycles. The molecule has 1 atom stereocenters. The number of carbonyl (C=O) groups is 2. The fourth-order valence-electron chi connectivity index (χ4n) is 3.09. The molecule has 1 unspecified atom stereocenters. The maximum absolute atomic E-state index is 12.5. The van der Waals surface area contributed by atoms with Crippen LogP contribution in [0.2, 0.25) is 0 Å². The van der Waals surface area contributed by atoms with Crippen molar-refractivity contribution in [2.75, 3.05) is 18.4 Å². The van der Waals surface area contributed by atoms with Gasteiger partial charge in [0.15, 0.2) is 0 Å². The van der Waals surface area contributed by atoms with Crippen LogP contribution in [0.4, 0.5) is 19.0 Å². The molecule has 0 bridgehead atoms. The van der Waals surface area contributed by atoms with Crippen molar-refractivity contribution in [3.8, 4) is 5.95 Å². The van der Waals surface area contributed by atoms with E-state index in [-0.39, 0.29) is 24.7 Å². The van der Waals surface area contributed by atoms with E-state index in [4.69, 9.17) is 0 Å². The van der Waals surface area contributed by atoms with Gasteiger partial charge >= 0.3 is 6.18 Å². The second-order valence-electron chi connectivity index (χ2n) is 6.81. The highest BCUT2D eigenvalue weighted by Crippen LogP contribution is 2.25. The molecule has 150 valence electrons. The van der Waals surface area contributed by atoms with Gasteiger partial charge in [0.05, 0.1) is 11.6 Å². The topological polar surface area (TPSA) is 93.0 Å². The second kappa shape index (κ2) is 7.21. The maximum atomic E-state index is 12.5. The van der Waals surface area contributed by atoms with Gasteiger partial charge in [0.25, 0.3) is 5.95 Å². The second-order valence-corrected chi connectivity index (χ2v) is 6.81. The number of aryl methyl sites for hydroxylation is 3. The van der Waals surface area contributed by atoms with Gasteiger partial charge in [0.2, 0.25) is 11.8 Å². The summed E-state index contributed by atoms with van der Waals surface area (Å²) < 4.78 is 39.0. The van der Waals surface area contributed by atoms with E-state index >= 15 is 0 Å². The molecular weight excluding hydrogens is 377 g/mol.